The SMILES string of the molecule is CCN1C(=O)S/C(=C\c2ccc(OCC(C)C)c(OC)c2)C1=O. The molecule has 2 amide bonds. The van der Waals surface area contributed by atoms with Crippen molar-refractivity contribution in [3.05, 3.63) is 28.7 Å². The average molecular weight is 335 g/mol. The number of thioether (sulfide) groups is 1. The van der Waals surface area contributed by atoms with Crippen LogP contribution in [0.15, 0.2) is 23.1 Å². The third-order valence-corrected chi connectivity index (χ3v) is 4.15. The lowest BCUT2D eigenvalue weighted by molar-refractivity contribution is -0.122. The Labute approximate surface area is 140 Å². The van der Waals surface area contributed by atoms with Crippen molar-refractivity contribution in [2.24, 2.45) is 5.92 Å². The van der Waals surface area contributed by atoms with Crippen molar-refractivity contribution in [1.29, 1.82) is 0 Å². The zero-order chi connectivity index (χ0) is 17.0. The van der Waals surface area contributed by atoms with Crippen molar-refractivity contribution in [2.45, 2.75) is 20.8 Å². The van der Waals surface area contributed by atoms with Crippen LogP contribution in [0.3, 0.4) is 0 Å². The molecule has 0 atom stereocenters. The molecule has 0 N–H and O–H groups in total. The van der Waals surface area contributed by atoms with Gasteiger partial charge in [0.2, 0.25) is 0 Å². The van der Waals surface area contributed by atoms with Gasteiger partial charge in [-0.05, 0) is 48.4 Å². The molecule has 1 aliphatic heterocycles. The maximum atomic E-state index is 12.1. The van der Waals surface area contributed by atoms with Gasteiger partial charge in [-0.3, -0.25) is 14.5 Å². The second-order valence-electron chi connectivity index (χ2n) is 5.54. The number of amides is 2. The fourth-order valence-corrected chi connectivity index (χ4v) is 2.98. The molecular weight excluding hydrogens is 314 g/mol. The van der Waals surface area contributed by atoms with Gasteiger partial charge in [0.15, 0.2) is 11.5 Å². The van der Waals surface area contributed by atoms with E-state index in [9.17, 15) is 9.59 Å². The van der Waals surface area contributed by atoms with Gasteiger partial charge < -0.3 is 9.47 Å². The molecule has 1 aromatic carbocycles. The van der Waals surface area contributed by atoms with Crippen LogP contribution in [-0.2, 0) is 4.79 Å². The minimum absolute atomic E-state index is 0.229. The zero-order valence-electron chi connectivity index (χ0n) is 13.8. The van der Waals surface area contributed by atoms with Crippen LogP contribution in [0, 0.1) is 5.92 Å². The molecule has 0 spiro atoms. The summed E-state index contributed by atoms with van der Waals surface area (Å²) in [5.74, 6) is 1.44. The number of likely N-dealkylation sites (N-methyl/N-ethyl adjacent to an activating group) is 1. The van der Waals surface area contributed by atoms with E-state index in [-0.39, 0.29) is 11.1 Å². The standard InChI is InChI=1S/C17H21NO4S/c1-5-18-16(19)15(23-17(18)20)9-12-6-7-13(14(8-12)21-4)22-10-11(2)3/h6-9,11H,5,10H2,1-4H3/b15-9-. The van der Waals surface area contributed by atoms with Crippen molar-refractivity contribution in [2.75, 3.05) is 20.3 Å². The number of hydrogen-bond acceptors (Lipinski definition) is 5. The van der Waals surface area contributed by atoms with Gasteiger partial charge in [0.05, 0.1) is 18.6 Å². The summed E-state index contributed by atoms with van der Waals surface area (Å²) >= 11 is 0.960. The highest BCUT2D eigenvalue weighted by Gasteiger charge is 2.33. The Balaban J connectivity index is 2.23. The molecule has 0 radical (unpaired) electrons. The summed E-state index contributed by atoms with van der Waals surface area (Å²) in [7, 11) is 1.58. The Kier molecular flexibility index (Phi) is 5.71. The Bertz CT molecular complexity index is 639. The van der Waals surface area contributed by atoms with E-state index < -0.39 is 0 Å². The van der Waals surface area contributed by atoms with Crippen LogP contribution in [0.2, 0.25) is 0 Å². The van der Waals surface area contributed by atoms with E-state index in [1.54, 1.807) is 26.2 Å². The lowest BCUT2D eigenvalue weighted by atomic mass is 10.1. The first-order chi connectivity index (χ1) is 11.0. The highest BCUT2D eigenvalue weighted by atomic mass is 32.2. The molecule has 23 heavy (non-hydrogen) atoms. The van der Waals surface area contributed by atoms with Crippen LogP contribution >= 0.6 is 11.8 Å². The second kappa shape index (κ2) is 7.55. The van der Waals surface area contributed by atoms with Gasteiger partial charge in [0, 0.05) is 6.54 Å². The Hall–Kier alpha value is -1.95. The van der Waals surface area contributed by atoms with Gasteiger partial charge in [0.25, 0.3) is 11.1 Å². The fourth-order valence-electron chi connectivity index (χ4n) is 2.07. The highest BCUT2D eigenvalue weighted by Crippen LogP contribution is 2.34. The molecule has 6 heteroatoms. The van der Waals surface area contributed by atoms with E-state index in [1.807, 2.05) is 12.1 Å². The van der Waals surface area contributed by atoms with Gasteiger partial charge in [-0.25, -0.2) is 0 Å². The van der Waals surface area contributed by atoms with Crippen molar-refractivity contribution in [1.82, 2.24) is 4.90 Å². The quantitative estimate of drug-likeness (QED) is 0.740. The predicted molar refractivity (Wildman–Crippen MR) is 91.7 cm³/mol. The van der Waals surface area contributed by atoms with E-state index >= 15 is 0 Å². The van der Waals surface area contributed by atoms with Crippen LogP contribution < -0.4 is 9.47 Å². The third kappa shape index (κ3) is 4.07. The lowest BCUT2D eigenvalue weighted by Crippen LogP contribution is -2.27. The first-order valence-corrected chi connectivity index (χ1v) is 8.34. The Morgan fingerprint density at radius 2 is 2.00 bits per heavy atom. The van der Waals surface area contributed by atoms with Gasteiger partial charge in [-0.15, -0.1) is 0 Å². The molecule has 2 rings (SSSR count). The molecule has 1 heterocycles. The molecule has 0 aromatic heterocycles. The Morgan fingerprint density at radius 1 is 1.26 bits per heavy atom. The predicted octanol–water partition coefficient (Wildman–Crippen LogP) is 3.79. The normalized spacial score (nSPS) is 16.6. The van der Waals surface area contributed by atoms with Crippen molar-refractivity contribution < 1.29 is 19.1 Å². The summed E-state index contributed by atoms with van der Waals surface area (Å²) in [6.45, 7) is 6.91. The van der Waals surface area contributed by atoms with Gasteiger partial charge >= 0.3 is 0 Å². The van der Waals surface area contributed by atoms with Crippen molar-refractivity contribution in [3.8, 4) is 11.5 Å². The van der Waals surface area contributed by atoms with E-state index in [4.69, 9.17) is 9.47 Å². The number of hydrogen-bond donors (Lipinski definition) is 0. The number of imide groups is 1. The number of benzene rings is 1. The van der Waals surface area contributed by atoms with Gasteiger partial charge in [0.1, 0.15) is 0 Å². The zero-order valence-corrected chi connectivity index (χ0v) is 14.6. The largest absolute Gasteiger partial charge is 0.493 e. The van der Waals surface area contributed by atoms with Crippen LogP contribution in [0.25, 0.3) is 6.08 Å². The smallest absolute Gasteiger partial charge is 0.293 e. The molecular formula is C17H21NO4S. The minimum atomic E-state index is -0.249. The summed E-state index contributed by atoms with van der Waals surface area (Å²) < 4.78 is 11.1. The second-order valence-corrected chi connectivity index (χ2v) is 6.53. The first kappa shape index (κ1) is 17.4. The fraction of sp³-hybridized carbons (Fsp3) is 0.412. The summed E-state index contributed by atoms with van der Waals surface area (Å²) in [5, 5.41) is -0.229. The summed E-state index contributed by atoms with van der Waals surface area (Å²) in [6.07, 6.45) is 1.70. The molecule has 0 bridgehead atoms. The summed E-state index contributed by atoms with van der Waals surface area (Å²) in [6, 6.07) is 5.46. The molecule has 1 saturated heterocycles. The molecule has 5 nitrogen and oxygen atoms in total. The van der Waals surface area contributed by atoms with Gasteiger partial charge in [-0.1, -0.05) is 19.9 Å². The summed E-state index contributed by atoms with van der Waals surface area (Å²) in [4.78, 5) is 25.5. The van der Waals surface area contributed by atoms with E-state index in [1.165, 1.54) is 4.90 Å². The lowest BCUT2D eigenvalue weighted by Gasteiger charge is -2.13. The molecule has 124 valence electrons. The molecule has 1 aliphatic rings. The minimum Gasteiger partial charge on any atom is -0.493 e. The summed E-state index contributed by atoms with van der Waals surface area (Å²) in [5.41, 5.74) is 0.792. The third-order valence-electron chi connectivity index (χ3n) is 3.25. The maximum Gasteiger partial charge on any atom is 0.293 e. The number of rotatable bonds is 6. The molecule has 0 aliphatic carbocycles. The molecule has 0 saturated carbocycles. The van der Waals surface area contributed by atoms with E-state index in [0.29, 0.717) is 35.5 Å². The van der Waals surface area contributed by atoms with E-state index in [0.717, 1.165) is 17.3 Å². The van der Waals surface area contributed by atoms with Crippen LogP contribution in [0.1, 0.15) is 26.3 Å². The number of nitrogens with zero attached hydrogens (tertiary/aromatic N) is 1. The monoisotopic (exact) mass is 335 g/mol. The van der Waals surface area contributed by atoms with Crippen molar-refractivity contribution in [3.63, 3.8) is 0 Å². The van der Waals surface area contributed by atoms with Gasteiger partial charge in [-0.2, -0.15) is 0 Å². The molecule has 0 unspecified atom stereocenters. The highest BCUT2D eigenvalue weighted by molar-refractivity contribution is 8.18. The van der Waals surface area contributed by atoms with Crippen molar-refractivity contribution >= 4 is 29.0 Å². The average Bonchev–Trinajstić information content (AvgIpc) is 2.79. The van der Waals surface area contributed by atoms with Crippen LogP contribution in [0.5, 0.6) is 11.5 Å². The number of carbonyl (C=O) groups excluding carboxylic acids is 2. The van der Waals surface area contributed by atoms with Crippen LogP contribution in [0.4, 0.5) is 4.79 Å². The molecule has 1 fully saturated rings. The van der Waals surface area contributed by atoms with E-state index in [2.05, 4.69) is 13.8 Å². The maximum absolute atomic E-state index is 12.1. The van der Waals surface area contributed by atoms with Crippen LogP contribution in [-0.4, -0.2) is 36.3 Å². The number of carbonyl (C=O) groups is 2. The Morgan fingerprint density at radius 3 is 2.57 bits per heavy atom. The number of methoxy groups -OCH3 is 1. The topological polar surface area (TPSA) is 55.8 Å². The number of ether oxygens (including phenoxy) is 2. The first-order valence-electron chi connectivity index (χ1n) is 7.52. The molecule has 1 aromatic rings.